The van der Waals surface area contributed by atoms with Crippen LogP contribution in [-0.4, -0.2) is 22.0 Å². The van der Waals surface area contributed by atoms with Crippen LogP contribution in [0.1, 0.15) is 23.4 Å². The molecule has 4 rings (SSSR count). The Labute approximate surface area is 191 Å². The predicted molar refractivity (Wildman–Crippen MR) is 127 cm³/mol. The highest BCUT2D eigenvalue weighted by Gasteiger charge is 2.12. The summed E-state index contributed by atoms with van der Waals surface area (Å²) in [5.74, 6) is 1.03. The fraction of sp³-hybridized carbons (Fsp3) is 0.200. The minimum atomic E-state index is 0.0375. The highest BCUT2D eigenvalue weighted by molar-refractivity contribution is 6.42. The van der Waals surface area contributed by atoms with Crippen LogP contribution in [0.5, 0.6) is 0 Å². The smallest absolute Gasteiger partial charge is 0.224 e. The zero-order valence-electron chi connectivity index (χ0n) is 17.0. The first-order valence-corrected chi connectivity index (χ1v) is 11.0. The molecular weight excluding hydrogens is 429 g/mol. The number of aryl methyl sites for hydroxylation is 1. The third-order valence-electron chi connectivity index (χ3n) is 5.17. The molecular formula is C25H23Cl2N3O. The lowest BCUT2D eigenvalue weighted by molar-refractivity contribution is -0.120. The number of imidazole rings is 1. The van der Waals surface area contributed by atoms with Gasteiger partial charge in [-0.25, -0.2) is 4.98 Å². The van der Waals surface area contributed by atoms with Gasteiger partial charge < -0.3 is 9.88 Å². The summed E-state index contributed by atoms with van der Waals surface area (Å²) in [4.78, 5) is 17.0. The Kier molecular flexibility index (Phi) is 6.90. The minimum absolute atomic E-state index is 0.0375. The number of amides is 1. The summed E-state index contributed by atoms with van der Waals surface area (Å²) < 4.78 is 2.21. The van der Waals surface area contributed by atoms with Gasteiger partial charge in [0.05, 0.1) is 27.5 Å². The summed E-state index contributed by atoms with van der Waals surface area (Å²) in [5.41, 5.74) is 4.13. The summed E-state index contributed by atoms with van der Waals surface area (Å²) in [7, 11) is 0. The van der Waals surface area contributed by atoms with Crippen molar-refractivity contribution >= 4 is 40.1 Å². The maximum absolute atomic E-state index is 12.2. The summed E-state index contributed by atoms with van der Waals surface area (Å²) in [6, 6.07) is 23.6. The number of para-hydroxylation sites is 2. The van der Waals surface area contributed by atoms with Crippen molar-refractivity contribution in [2.45, 2.75) is 25.8 Å². The largest absolute Gasteiger partial charge is 0.356 e. The standard InChI is InChI=1S/C25H23Cl2N3O/c26-20-13-12-19(15-21(20)27)17-30-23-10-5-4-9-22(23)29-24(30)11-6-14-28-25(31)16-18-7-2-1-3-8-18/h1-5,7-10,12-13,15H,6,11,14,16-17H2,(H,28,31). The Morgan fingerprint density at radius 2 is 1.68 bits per heavy atom. The van der Waals surface area contributed by atoms with Crippen molar-refractivity contribution in [3.05, 3.63) is 99.8 Å². The lowest BCUT2D eigenvalue weighted by Gasteiger charge is -2.11. The molecule has 0 saturated carbocycles. The lowest BCUT2D eigenvalue weighted by Crippen LogP contribution is -2.26. The average molecular weight is 452 g/mol. The summed E-state index contributed by atoms with van der Waals surface area (Å²) >= 11 is 12.3. The number of benzene rings is 3. The molecule has 1 N–H and O–H groups in total. The average Bonchev–Trinajstić information content (AvgIpc) is 3.12. The second-order valence-electron chi connectivity index (χ2n) is 7.47. The Hall–Kier alpha value is -2.82. The van der Waals surface area contributed by atoms with E-state index in [2.05, 4.69) is 16.0 Å². The molecule has 0 fully saturated rings. The van der Waals surface area contributed by atoms with E-state index >= 15 is 0 Å². The molecule has 0 aliphatic heterocycles. The fourth-order valence-corrected chi connectivity index (χ4v) is 3.95. The van der Waals surface area contributed by atoms with Crippen LogP contribution < -0.4 is 5.32 Å². The second kappa shape index (κ2) is 9.99. The molecule has 6 heteroatoms. The first kappa shape index (κ1) is 21.4. The van der Waals surface area contributed by atoms with Crippen molar-refractivity contribution in [1.82, 2.24) is 14.9 Å². The van der Waals surface area contributed by atoms with Crippen LogP contribution in [0.2, 0.25) is 10.0 Å². The van der Waals surface area contributed by atoms with Gasteiger partial charge in [0, 0.05) is 19.5 Å². The number of halogens is 2. The third kappa shape index (κ3) is 5.46. The maximum atomic E-state index is 12.2. The molecule has 0 aliphatic carbocycles. The second-order valence-corrected chi connectivity index (χ2v) is 8.28. The number of carbonyl (C=O) groups excluding carboxylic acids is 1. The number of hydrogen-bond acceptors (Lipinski definition) is 2. The number of carbonyl (C=O) groups is 1. The highest BCUT2D eigenvalue weighted by Crippen LogP contribution is 2.25. The van der Waals surface area contributed by atoms with Crippen molar-refractivity contribution in [3.8, 4) is 0 Å². The van der Waals surface area contributed by atoms with Crippen LogP contribution in [0.15, 0.2) is 72.8 Å². The Balaban J connectivity index is 1.42. The van der Waals surface area contributed by atoms with Gasteiger partial charge in [-0.3, -0.25) is 4.79 Å². The first-order valence-electron chi connectivity index (χ1n) is 10.3. The fourth-order valence-electron chi connectivity index (χ4n) is 3.63. The number of hydrogen-bond donors (Lipinski definition) is 1. The van der Waals surface area contributed by atoms with Crippen molar-refractivity contribution < 1.29 is 4.79 Å². The SMILES string of the molecule is O=C(Cc1ccccc1)NCCCc1nc2ccccc2n1Cc1ccc(Cl)c(Cl)c1. The topological polar surface area (TPSA) is 46.9 Å². The highest BCUT2D eigenvalue weighted by atomic mass is 35.5. The molecule has 1 heterocycles. The molecule has 158 valence electrons. The quantitative estimate of drug-likeness (QED) is 0.350. The predicted octanol–water partition coefficient (Wildman–Crippen LogP) is 5.68. The van der Waals surface area contributed by atoms with E-state index < -0.39 is 0 Å². The molecule has 4 nitrogen and oxygen atoms in total. The van der Waals surface area contributed by atoms with E-state index in [0.717, 1.165) is 40.8 Å². The van der Waals surface area contributed by atoms with Gasteiger partial charge in [-0.2, -0.15) is 0 Å². The number of nitrogens with one attached hydrogen (secondary N) is 1. The normalized spacial score (nSPS) is 11.0. The van der Waals surface area contributed by atoms with Gasteiger partial charge in [-0.1, -0.05) is 71.7 Å². The van der Waals surface area contributed by atoms with E-state index in [1.165, 1.54) is 0 Å². The van der Waals surface area contributed by atoms with Crippen molar-refractivity contribution in [1.29, 1.82) is 0 Å². The van der Waals surface area contributed by atoms with E-state index in [1.54, 1.807) is 0 Å². The zero-order chi connectivity index (χ0) is 21.6. The Morgan fingerprint density at radius 1 is 0.903 bits per heavy atom. The monoisotopic (exact) mass is 451 g/mol. The van der Waals surface area contributed by atoms with E-state index in [1.807, 2.05) is 66.7 Å². The van der Waals surface area contributed by atoms with Gasteiger partial charge in [0.2, 0.25) is 5.91 Å². The summed E-state index contributed by atoms with van der Waals surface area (Å²) in [6.07, 6.45) is 1.98. The molecule has 0 radical (unpaired) electrons. The Morgan fingerprint density at radius 3 is 2.48 bits per heavy atom. The number of rotatable bonds is 8. The van der Waals surface area contributed by atoms with Gasteiger partial charge in [0.25, 0.3) is 0 Å². The lowest BCUT2D eigenvalue weighted by atomic mass is 10.1. The molecule has 0 unspecified atom stereocenters. The molecule has 0 aliphatic rings. The Bertz CT molecular complexity index is 1190. The van der Waals surface area contributed by atoms with Gasteiger partial charge in [-0.15, -0.1) is 0 Å². The molecule has 0 saturated heterocycles. The van der Waals surface area contributed by atoms with Crippen molar-refractivity contribution in [2.75, 3.05) is 6.54 Å². The van der Waals surface area contributed by atoms with Crippen LogP contribution in [0, 0.1) is 0 Å². The van der Waals surface area contributed by atoms with E-state index in [4.69, 9.17) is 28.2 Å². The van der Waals surface area contributed by atoms with Crippen LogP contribution in [-0.2, 0) is 24.2 Å². The van der Waals surface area contributed by atoms with E-state index in [9.17, 15) is 4.79 Å². The van der Waals surface area contributed by atoms with Gasteiger partial charge >= 0.3 is 0 Å². The van der Waals surface area contributed by atoms with Crippen LogP contribution in [0.4, 0.5) is 0 Å². The molecule has 0 atom stereocenters. The molecule has 1 amide bonds. The van der Waals surface area contributed by atoms with Crippen LogP contribution in [0.3, 0.4) is 0 Å². The zero-order valence-corrected chi connectivity index (χ0v) is 18.5. The maximum Gasteiger partial charge on any atom is 0.224 e. The van der Waals surface area contributed by atoms with Crippen LogP contribution in [0.25, 0.3) is 11.0 Å². The first-order chi connectivity index (χ1) is 15.1. The molecule has 31 heavy (non-hydrogen) atoms. The number of nitrogens with zero attached hydrogens (tertiary/aromatic N) is 2. The summed E-state index contributed by atoms with van der Waals surface area (Å²) in [5, 5.41) is 4.11. The molecule has 0 bridgehead atoms. The summed E-state index contributed by atoms with van der Waals surface area (Å²) in [6.45, 7) is 1.27. The molecule has 1 aromatic heterocycles. The van der Waals surface area contributed by atoms with Crippen molar-refractivity contribution in [2.24, 2.45) is 0 Å². The van der Waals surface area contributed by atoms with Crippen molar-refractivity contribution in [3.63, 3.8) is 0 Å². The van der Waals surface area contributed by atoms with Gasteiger partial charge in [0.1, 0.15) is 5.82 Å². The molecule has 4 aromatic rings. The van der Waals surface area contributed by atoms with Crippen LogP contribution >= 0.6 is 23.2 Å². The van der Waals surface area contributed by atoms with E-state index in [0.29, 0.717) is 29.6 Å². The third-order valence-corrected chi connectivity index (χ3v) is 5.90. The van der Waals surface area contributed by atoms with E-state index in [-0.39, 0.29) is 5.91 Å². The number of fused-ring (bicyclic) bond motifs is 1. The molecule has 0 spiro atoms. The van der Waals surface area contributed by atoms with Gasteiger partial charge in [-0.05, 0) is 41.8 Å². The molecule has 3 aromatic carbocycles. The van der Waals surface area contributed by atoms with Gasteiger partial charge in [0.15, 0.2) is 0 Å². The minimum Gasteiger partial charge on any atom is -0.356 e. The number of aromatic nitrogens is 2.